The predicted octanol–water partition coefficient (Wildman–Crippen LogP) is 9.90. The number of aromatic nitrogens is 5. The van der Waals surface area contributed by atoms with Gasteiger partial charge >= 0.3 is 0 Å². The Morgan fingerprint density at radius 1 is 0.457 bits per heavy atom. The van der Waals surface area contributed by atoms with E-state index >= 15 is 0 Å². The third-order valence-corrected chi connectivity index (χ3v) is 8.83. The largest absolute Gasteiger partial charge is 0.456 e. The minimum absolute atomic E-state index is 0.824. The highest BCUT2D eigenvalue weighted by atomic mass is 16.3. The second kappa shape index (κ2) is 9.55. The molecule has 0 N–H and O–H groups in total. The number of para-hydroxylation sites is 4. The molecule has 0 amide bonds. The lowest BCUT2D eigenvalue weighted by Gasteiger charge is -2.12. The number of fused-ring (bicyclic) bond motifs is 9. The Labute approximate surface area is 262 Å². The summed E-state index contributed by atoms with van der Waals surface area (Å²) in [5.41, 5.74) is 9.68. The second-order valence-corrected chi connectivity index (χ2v) is 11.6. The minimum Gasteiger partial charge on any atom is -0.456 e. The zero-order valence-electron chi connectivity index (χ0n) is 24.4. The molecule has 0 spiro atoms. The van der Waals surface area contributed by atoms with Crippen LogP contribution in [0, 0.1) is 0 Å². The molecule has 0 aliphatic heterocycles. The van der Waals surface area contributed by atoms with Crippen molar-refractivity contribution in [3.05, 3.63) is 140 Å². The van der Waals surface area contributed by atoms with Crippen molar-refractivity contribution in [2.24, 2.45) is 0 Å². The summed E-state index contributed by atoms with van der Waals surface area (Å²) in [7, 11) is 0. The van der Waals surface area contributed by atoms with Crippen molar-refractivity contribution in [1.82, 2.24) is 25.0 Å². The maximum Gasteiger partial charge on any atom is 0.135 e. The van der Waals surface area contributed by atoms with Gasteiger partial charge in [0.05, 0.1) is 28.1 Å². The molecule has 0 atom stereocenters. The molecule has 46 heavy (non-hydrogen) atoms. The number of hydrogen-bond acceptors (Lipinski definition) is 5. The Hall–Kier alpha value is -6.40. The van der Waals surface area contributed by atoms with Crippen LogP contribution >= 0.6 is 0 Å². The molecule has 214 valence electrons. The van der Waals surface area contributed by atoms with E-state index in [1.807, 2.05) is 84.9 Å². The van der Waals surface area contributed by atoms with Crippen LogP contribution in [-0.4, -0.2) is 25.0 Å². The summed E-state index contributed by atoms with van der Waals surface area (Å²) in [5, 5.41) is 16.4. The molecule has 0 saturated heterocycles. The molecule has 0 unspecified atom stereocenters. The van der Waals surface area contributed by atoms with Crippen LogP contribution in [0.4, 0.5) is 0 Å². The summed E-state index contributed by atoms with van der Waals surface area (Å²) in [6.45, 7) is 0. The number of hydrogen-bond donors (Lipinski definition) is 0. The molecule has 6 heteroatoms. The molecule has 0 saturated carbocycles. The Morgan fingerprint density at radius 3 is 1.91 bits per heavy atom. The lowest BCUT2D eigenvalue weighted by molar-refractivity contribution is 0.669. The van der Waals surface area contributed by atoms with Gasteiger partial charge in [-0.2, -0.15) is 4.80 Å². The van der Waals surface area contributed by atoms with Gasteiger partial charge in [0.2, 0.25) is 0 Å². The Morgan fingerprint density at radius 2 is 1.09 bits per heavy atom. The zero-order valence-corrected chi connectivity index (χ0v) is 24.4. The molecule has 6 nitrogen and oxygen atoms in total. The molecule has 0 fully saturated rings. The fraction of sp³-hybridized carbons (Fsp3) is 0. The van der Waals surface area contributed by atoms with Gasteiger partial charge < -0.3 is 4.42 Å². The van der Waals surface area contributed by atoms with Crippen LogP contribution in [0.5, 0.6) is 0 Å². The lowest BCUT2D eigenvalue weighted by atomic mass is 9.96. The lowest BCUT2D eigenvalue weighted by Crippen LogP contribution is -1.97. The van der Waals surface area contributed by atoms with Crippen molar-refractivity contribution in [2.75, 3.05) is 0 Å². The zero-order chi connectivity index (χ0) is 30.2. The normalized spacial score (nSPS) is 11.9. The van der Waals surface area contributed by atoms with Crippen LogP contribution in [0.1, 0.15) is 0 Å². The molecule has 0 bridgehead atoms. The van der Waals surface area contributed by atoms with Crippen molar-refractivity contribution in [1.29, 1.82) is 0 Å². The van der Waals surface area contributed by atoms with Crippen molar-refractivity contribution in [3.8, 4) is 28.2 Å². The van der Waals surface area contributed by atoms with Gasteiger partial charge in [-0.15, -0.1) is 10.2 Å². The van der Waals surface area contributed by atoms with Crippen molar-refractivity contribution in [2.45, 2.75) is 0 Å². The summed E-state index contributed by atoms with van der Waals surface area (Å²) < 4.78 is 6.13. The van der Waals surface area contributed by atoms with Gasteiger partial charge in [-0.25, -0.2) is 9.97 Å². The fourth-order valence-corrected chi connectivity index (χ4v) is 6.62. The first-order chi connectivity index (χ1) is 22.8. The molecule has 3 heterocycles. The molecule has 7 aromatic carbocycles. The van der Waals surface area contributed by atoms with Gasteiger partial charge in [0.1, 0.15) is 22.2 Å². The van der Waals surface area contributed by atoms with Crippen LogP contribution < -0.4 is 0 Å². The maximum absolute atomic E-state index is 6.13. The van der Waals surface area contributed by atoms with Crippen LogP contribution in [0.25, 0.3) is 93.8 Å². The molecule has 3 aromatic heterocycles. The molecular formula is C40H23N5O. The SMILES string of the molecule is c1ccc(-n2nc3ccc4ccc5ccc(-c6nc7ccccc7nc6-c6ccc7oc8ccccc8c7c6)cc5c4c3n2)cc1. The van der Waals surface area contributed by atoms with E-state index in [1.54, 1.807) is 4.80 Å². The Kier molecular flexibility index (Phi) is 5.19. The average molecular weight is 590 g/mol. The second-order valence-electron chi connectivity index (χ2n) is 11.6. The van der Waals surface area contributed by atoms with Crippen LogP contribution in [0.2, 0.25) is 0 Å². The summed E-state index contributed by atoms with van der Waals surface area (Å²) in [5.74, 6) is 0. The highest BCUT2D eigenvalue weighted by molar-refractivity contribution is 6.19. The van der Waals surface area contributed by atoms with Crippen LogP contribution in [0.3, 0.4) is 0 Å². The van der Waals surface area contributed by atoms with Crippen LogP contribution in [-0.2, 0) is 0 Å². The van der Waals surface area contributed by atoms with Gasteiger partial charge in [-0.3, -0.25) is 0 Å². The quantitative estimate of drug-likeness (QED) is 0.192. The third-order valence-electron chi connectivity index (χ3n) is 8.83. The molecular weight excluding hydrogens is 566 g/mol. The first-order valence-electron chi connectivity index (χ1n) is 15.2. The first-order valence-corrected chi connectivity index (χ1v) is 15.2. The number of nitrogens with zero attached hydrogens (tertiary/aromatic N) is 5. The molecule has 0 radical (unpaired) electrons. The summed E-state index contributed by atoms with van der Waals surface area (Å²) in [6.07, 6.45) is 0. The van der Waals surface area contributed by atoms with E-state index in [4.69, 9.17) is 24.6 Å². The van der Waals surface area contributed by atoms with Gasteiger partial charge in [-0.05, 0) is 76.8 Å². The fourth-order valence-electron chi connectivity index (χ4n) is 6.62. The number of rotatable bonds is 3. The standard InChI is InChI=1S/C40H23N5O/c1-2-8-28(9-3-1)45-43-34-20-18-25-16-14-24-15-17-26(22-30(24)37(25)40(34)44-45)38-39(42-33-12-6-5-11-32(33)41-38)27-19-21-36-31(23-27)29-10-4-7-13-35(29)46-36/h1-23H. The van der Waals surface area contributed by atoms with Crippen molar-refractivity contribution >= 4 is 65.6 Å². The summed E-state index contributed by atoms with van der Waals surface area (Å²) in [4.78, 5) is 12.1. The third kappa shape index (κ3) is 3.77. The van der Waals surface area contributed by atoms with Gasteiger partial charge in [0.15, 0.2) is 0 Å². The monoisotopic (exact) mass is 589 g/mol. The molecule has 10 aromatic rings. The van der Waals surface area contributed by atoms with E-state index in [0.717, 1.165) is 93.8 Å². The van der Waals surface area contributed by atoms with Crippen molar-refractivity contribution in [3.63, 3.8) is 0 Å². The van der Waals surface area contributed by atoms with E-state index < -0.39 is 0 Å². The smallest absolute Gasteiger partial charge is 0.135 e. The number of benzene rings is 7. The van der Waals surface area contributed by atoms with Crippen molar-refractivity contribution < 1.29 is 4.42 Å². The first kappa shape index (κ1) is 25.0. The topological polar surface area (TPSA) is 69.6 Å². The number of furan rings is 1. The Bertz CT molecular complexity index is 2820. The molecule has 0 aliphatic rings. The van der Waals surface area contributed by atoms with Gasteiger partial charge in [0.25, 0.3) is 0 Å². The minimum atomic E-state index is 0.824. The molecule has 10 rings (SSSR count). The van der Waals surface area contributed by atoms with E-state index in [0.29, 0.717) is 0 Å². The van der Waals surface area contributed by atoms with E-state index in [1.165, 1.54) is 0 Å². The average Bonchev–Trinajstić information content (AvgIpc) is 3.73. The van der Waals surface area contributed by atoms with Gasteiger partial charge in [-0.1, -0.05) is 78.9 Å². The Balaban J connectivity index is 1.23. The predicted molar refractivity (Wildman–Crippen MR) is 185 cm³/mol. The van der Waals surface area contributed by atoms with E-state index in [-0.39, 0.29) is 0 Å². The van der Waals surface area contributed by atoms with E-state index in [9.17, 15) is 0 Å². The highest BCUT2D eigenvalue weighted by Gasteiger charge is 2.18. The summed E-state index contributed by atoms with van der Waals surface area (Å²) >= 11 is 0. The van der Waals surface area contributed by atoms with Crippen LogP contribution in [0.15, 0.2) is 144 Å². The molecule has 0 aliphatic carbocycles. The van der Waals surface area contributed by atoms with E-state index in [2.05, 4.69) is 54.6 Å². The summed E-state index contributed by atoms with van der Waals surface area (Å²) in [6, 6.07) is 47.5. The highest BCUT2D eigenvalue weighted by Crippen LogP contribution is 2.38. The van der Waals surface area contributed by atoms with Gasteiger partial charge in [0, 0.05) is 27.3 Å². The maximum atomic E-state index is 6.13.